The van der Waals surface area contributed by atoms with Crippen LogP contribution in [0.3, 0.4) is 0 Å². The zero-order valence-electron chi connectivity index (χ0n) is 18.3. The number of aromatic nitrogens is 1. The summed E-state index contributed by atoms with van der Waals surface area (Å²) >= 11 is 0. The Kier molecular flexibility index (Phi) is 4.82. The van der Waals surface area contributed by atoms with Gasteiger partial charge in [-0.25, -0.2) is 4.79 Å². The number of benzene rings is 3. The van der Waals surface area contributed by atoms with Crippen LogP contribution >= 0.6 is 0 Å². The SMILES string of the molecule is CCn1c2ccc(C(=O)c3ccccc3C)cc2c2c3c(ccc21)C(=O)/C(=N\OC(C)=O)O3. The summed E-state index contributed by atoms with van der Waals surface area (Å²) < 4.78 is 7.88. The minimum absolute atomic E-state index is 0.0749. The Morgan fingerprint density at radius 3 is 2.55 bits per heavy atom. The molecule has 1 aromatic heterocycles. The van der Waals surface area contributed by atoms with Crippen LogP contribution in [0.5, 0.6) is 5.75 Å². The van der Waals surface area contributed by atoms with E-state index in [9.17, 15) is 14.4 Å². The number of ether oxygens (including phenoxy) is 1. The number of ketones is 2. The van der Waals surface area contributed by atoms with Gasteiger partial charge >= 0.3 is 11.9 Å². The average molecular weight is 440 g/mol. The fourth-order valence-electron chi connectivity index (χ4n) is 4.33. The minimum Gasteiger partial charge on any atom is -0.432 e. The van der Waals surface area contributed by atoms with Crippen LogP contribution in [0.15, 0.2) is 59.8 Å². The van der Waals surface area contributed by atoms with E-state index < -0.39 is 11.8 Å². The van der Waals surface area contributed by atoms with E-state index in [1.54, 1.807) is 6.07 Å². The molecule has 3 aromatic carbocycles. The molecule has 0 spiro atoms. The van der Waals surface area contributed by atoms with E-state index in [-0.39, 0.29) is 11.7 Å². The van der Waals surface area contributed by atoms with Crippen molar-refractivity contribution in [2.24, 2.45) is 5.16 Å². The summed E-state index contributed by atoms with van der Waals surface area (Å²) in [5.41, 5.74) is 4.21. The summed E-state index contributed by atoms with van der Waals surface area (Å²) in [4.78, 5) is 41.7. The molecule has 0 radical (unpaired) electrons. The highest BCUT2D eigenvalue weighted by Crippen LogP contribution is 2.41. The van der Waals surface area contributed by atoms with Gasteiger partial charge in [0.2, 0.25) is 0 Å². The normalized spacial score (nSPS) is 14.0. The van der Waals surface area contributed by atoms with Gasteiger partial charge in [-0.05, 0) is 54.9 Å². The molecule has 7 nitrogen and oxygen atoms in total. The molecule has 0 N–H and O–H groups in total. The van der Waals surface area contributed by atoms with Crippen LogP contribution in [-0.4, -0.2) is 28.0 Å². The molecular weight excluding hydrogens is 420 g/mol. The van der Waals surface area contributed by atoms with E-state index in [2.05, 4.69) is 14.6 Å². The van der Waals surface area contributed by atoms with Crippen molar-refractivity contribution in [1.82, 2.24) is 4.57 Å². The summed E-state index contributed by atoms with van der Waals surface area (Å²) in [6.45, 7) is 5.81. The molecule has 33 heavy (non-hydrogen) atoms. The second-order valence-electron chi connectivity index (χ2n) is 7.87. The van der Waals surface area contributed by atoms with Crippen molar-refractivity contribution in [3.63, 3.8) is 0 Å². The van der Waals surface area contributed by atoms with Crippen LogP contribution in [0, 0.1) is 6.92 Å². The van der Waals surface area contributed by atoms with E-state index in [0.717, 1.165) is 22.0 Å². The molecule has 164 valence electrons. The van der Waals surface area contributed by atoms with E-state index in [4.69, 9.17) is 4.74 Å². The molecule has 0 unspecified atom stereocenters. The van der Waals surface area contributed by atoms with E-state index >= 15 is 0 Å². The molecule has 0 aliphatic carbocycles. The lowest BCUT2D eigenvalue weighted by molar-refractivity contribution is -0.141. The maximum absolute atomic E-state index is 13.3. The van der Waals surface area contributed by atoms with Gasteiger partial charge in [0.25, 0.3) is 5.78 Å². The van der Waals surface area contributed by atoms with Crippen LogP contribution in [-0.2, 0) is 16.2 Å². The Morgan fingerprint density at radius 2 is 1.82 bits per heavy atom. The molecule has 0 atom stereocenters. The molecule has 1 aliphatic rings. The molecule has 2 heterocycles. The number of carbonyl (C=O) groups is 3. The first-order chi connectivity index (χ1) is 15.9. The fourth-order valence-corrected chi connectivity index (χ4v) is 4.33. The summed E-state index contributed by atoms with van der Waals surface area (Å²) in [6, 6.07) is 16.6. The van der Waals surface area contributed by atoms with Gasteiger partial charge < -0.3 is 14.1 Å². The van der Waals surface area contributed by atoms with Gasteiger partial charge in [-0.2, -0.15) is 0 Å². The lowest BCUT2D eigenvalue weighted by atomic mass is 9.97. The Balaban J connectivity index is 1.73. The first-order valence-corrected chi connectivity index (χ1v) is 10.6. The van der Waals surface area contributed by atoms with E-state index in [1.807, 2.05) is 62.4 Å². The largest absolute Gasteiger partial charge is 0.432 e. The number of hydrogen-bond acceptors (Lipinski definition) is 6. The van der Waals surface area contributed by atoms with Crippen molar-refractivity contribution in [2.45, 2.75) is 27.3 Å². The Bertz CT molecular complexity index is 1530. The highest BCUT2D eigenvalue weighted by Gasteiger charge is 2.33. The van der Waals surface area contributed by atoms with Crippen LogP contribution in [0.25, 0.3) is 21.8 Å². The lowest BCUT2D eigenvalue weighted by Gasteiger charge is -2.06. The van der Waals surface area contributed by atoms with Crippen molar-refractivity contribution >= 4 is 45.2 Å². The molecular formula is C26H20N2O5. The quantitative estimate of drug-likeness (QED) is 0.258. The predicted molar refractivity (Wildman–Crippen MR) is 124 cm³/mol. The van der Waals surface area contributed by atoms with Gasteiger partial charge in [0.1, 0.15) is 0 Å². The molecule has 1 aliphatic heterocycles. The second-order valence-corrected chi connectivity index (χ2v) is 7.87. The molecule has 4 aromatic rings. The number of oxime groups is 1. The van der Waals surface area contributed by atoms with Gasteiger partial charge in [0.05, 0.1) is 16.5 Å². The molecule has 0 amide bonds. The molecule has 7 heteroatoms. The summed E-state index contributed by atoms with van der Waals surface area (Å²) in [5.74, 6) is -1.13. The number of rotatable bonds is 4. The van der Waals surface area contributed by atoms with Crippen molar-refractivity contribution < 1.29 is 24.0 Å². The third kappa shape index (κ3) is 3.20. The smallest absolute Gasteiger partial charge is 0.332 e. The monoisotopic (exact) mass is 440 g/mol. The van der Waals surface area contributed by atoms with Gasteiger partial charge in [0, 0.05) is 35.5 Å². The third-order valence-corrected chi connectivity index (χ3v) is 5.85. The highest BCUT2D eigenvalue weighted by atomic mass is 16.7. The van der Waals surface area contributed by atoms with Gasteiger partial charge in [-0.3, -0.25) is 9.59 Å². The maximum atomic E-state index is 13.3. The maximum Gasteiger partial charge on any atom is 0.332 e. The average Bonchev–Trinajstić information content (AvgIpc) is 3.31. The molecule has 0 saturated carbocycles. The van der Waals surface area contributed by atoms with Crippen LogP contribution in [0.2, 0.25) is 0 Å². The van der Waals surface area contributed by atoms with Crippen LogP contribution in [0.1, 0.15) is 45.7 Å². The van der Waals surface area contributed by atoms with Crippen LogP contribution in [0.4, 0.5) is 0 Å². The number of hydrogen-bond donors (Lipinski definition) is 0. The molecule has 0 bridgehead atoms. The first-order valence-electron chi connectivity index (χ1n) is 10.6. The number of fused-ring (bicyclic) bond motifs is 5. The number of Topliss-reactive ketones (excluding diaryl/α,β-unsaturated/α-hetero) is 1. The number of nitrogens with zero attached hydrogens (tertiary/aromatic N) is 2. The summed E-state index contributed by atoms with van der Waals surface area (Å²) in [6.07, 6.45) is 0. The van der Waals surface area contributed by atoms with Gasteiger partial charge in [0.15, 0.2) is 11.5 Å². The standard InChI is InChI=1S/C26H20N2O5/c1-4-28-20-11-9-16(23(30)17-8-6-5-7-14(17)2)13-19(20)22-21(28)12-10-18-24(31)26(32-25(18)22)27-33-15(3)29/h5-13H,4H2,1-3H3/b27-26+. The van der Waals surface area contributed by atoms with Crippen molar-refractivity contribution in [3.05, 3.63) is 76.9 Å². The lowest BCUT2D eigenvalue weighted by Crippen LogP contribution is -2.13. The van der Waals surface area contributed by atoms with Gasteiger partial charge in [-0.15, -0.1) is 0 Å². The zero-order chi connectivity index (χ0) is 23.3. The second kappa shape index (κ2) is 7.70. The van der Waals surface area contributed by atoms with Gasteiger partial charge in [-0.1, -0.05) is 24.3 Å². The van der Waals surface area contributed by atoms with Crippen molar-refractivity contribution in [3.8, 4) is 5.75 Å². The molecule has 0 fully saturated rings. The molecule has 5 rings (SSSR count). The minimum atomic E-state index is -0.651. The van der Waals surface area contributed by atoms with E-state index in [0.29, 0.717) is 34.4 Å². The summed E-state index contributed by atoms with van der Waals surface area (Å²) in [7, 11) is 0. The Labute approximate surface area is 189 Å². The first kappa shape index (κ1) is 20.6. The fraction of sp³-hybridized carbons (Fsp3) is 0.154. The predicted octanol–water partition coefficient (Wildman–Crippen LogP) is 4.81. The third-order valence-electron chi connectivity index (χ3n) is 5.85. The Morgan fingerprint density at radius 1 is 1.06 bits per heavy atom. The van der Waals surface area contributed by atoms with Crippen molar-refractivity contribution in [2.75, 3.05) is 0 Å². The topological polar surface area (TPSA) is 87.0 Å². The molecule has 0 saturated heterocycles. The highest BCUT2D eigenvalue weighted by molar-refractivity contribution is 6.47. The zero-order valence-corrected chi connectivity index (χ0v) is 18.3. The van der Waals surface area contributed by atoms with Crippen molar-refractivity contribution in [1.29, 1.82) is 0 Å². The number of aryl methyl sites for hydroxylation is 2. The number of carbonyl (C=O) groups excluding carboxylic acids is 3. The van der Waals surface area contributed by atoms with E-state index in [1.165, 1.54) is 6.92 Å². The Hall–Kier alpha value is -4.26. The summed E-state index contributed by atoms with van der Waals surface area (Å²) in [5, 5.41) is 5.07. The van der Waals surface area contributed by atoms with Crippen LogP contribution < -0.4 is 4.74 Å².